The Hall–Kier alpha value is -2.38. The number of thioether (sulfide) groups is 1. The number of carboxylic acid groups (broad SMARTS) is 1. The Morgan fingerprint density at radius 1 is 1.21 bits per heavy atom. The van der Waals surface area contributed by atoms with Crippen molar-refractivity contribution in [3.8, 4) is 0 Å². The molecular weight excluding hydrogens is 392 g/mol. The average molecular weight is 403 g/mol. The fourth-order valence-corrected chi connectivity index (χ4v) is 3.28. The number of hydrogen-bond donors (Lipinski definition) is 2. The zero-order valence-corrected chi connectivity index (χ0v) is 14.6. The Morgan fingerprint density at radius 3 is 2.62 bits per heavy atom. The van der Waals surface area contributed by atoms with Gasteiger partial charge in [-0.1, -0.05) is 28.1 Å². The Morgan fingerprint density at radius 2 is 1.96 bits per heavy atom. The molecule has 0 radical (unpaired) electrons. The topological polar surface area (TPSA) is 78.8 Å². The van der Waals surface area contributed by atoms with Crippen molar-refractivity contribution in [1.29, 1.82) is 0 Å². The van der Waals surface area contributed by atoms with Crippen LogP contribution in [0.4, 0.5) is 5.69 Å². The maximum Gasteiger partial charge on any atom is 0.335 e. The second-order valence-corrected chi connectivity index (χ2v) is 6.84. The minimum absolute atomic E-state index is 0.192. The van der Waals surface area contributed by atoms with Gasteiger partial charge in [0.25, 0.3) is 5.91 Å². The molecule has 1 aliphatic heterocycles. The predicted molar refractivity (Wildman–Crippen MR) is 98.3 cm³/mol. The van der Waals surface area contributed by atoms with Gasteiger partial charge in [0.05, 0.1) is 16.2 Å². The Balaban J connectivity index is 1.80. The Kier molecular flexibility index (Phi) is 4.82. The molecule has 2 aromatic rings. The first kappa shape index (κ1) is 16.5. The number of carbonyl (C=O) groups excluding carboxylic acids is 1. The van der Waals surface area contributed by atoms with Gasteiger partial charge in [-0.15, -0.1) is 0 Å². The number of amides is 1. The molecule has 3 rings (SSSR count). The minimum Gasteiger partial charge on any atom is -0.478 e. The first-order valence-electron chi connectivity index (χ1n) is 6.90. The Bertz CT molecular complexity index is 876. The molecule has 1 amide bonds. The lowest BCUT2D eigenvalue weighted by molar-refractivity contribution is -0.115. The molecule has 0 atom stereocenters. The van der Waals surface area contributed by atoms with Gasteiger partial charge in [0.2, 0.25) is 0 Å². The van der Waals surface area contributed by atoms with E-state index in [4.69, 9.17) is 5.11 Å². The zero-order chi connectivity index (χ0) is 17.1. The SMILES string of the molecule is O=C1NC(=Nc2ccc(C(=O)O)cc2)S/C1=C\c1cccc(Br)c1. The third-order valence-electron chi connectivity index (χ3n) is 3.14. The van der Waals surface area contributed by atoms with Crippen molar-refractivity contribution in [2.45, 2.75) is 0 Å². The Labute approximate surface area is 150 Å². The van der Waals surface area contributed by atoms with Gasteiger partial charge >= 0.3 is 5.97 Å². The summed E-state index contributed by atoms with van der Waals surface area (Å²) in [6, 6.07) is 13.8. The second kappa shape index (κ2) is 7.02. The molecule has 2 N–H and O–H groups in total. The summed E-state index contributed by atoms with van der Waals surface area (Å²) < 4.78 is 0.938. The molecule has 0 bridgehead atoms. The molecule has 0 spiro atoms. The first-order valence-corrected chi connectivity index (χ1v) is 8.51. The van der Waals surface area contributed by atoms with E-state index in [1.54, 1.807) is 18.2 Å². The molecule has 0 unspecified atom stereocenters. The van der Waals surface area contributed by atoms with Crippen molar-refractivity contribution in [2.75, 3.05) is 0 Å². The van der Waals surface area contributed by atoms with Crippen molar-refractivity contribution < 1.29 is 14.7 Å². The van der Waals surface area contributed by atoms with E-state index in [9.17, 15) is 9.59 Å². The van der Waals surface area contributed by atoms with Gasteiger partial charge in [0, 0.05) is 4.47 Å². The normalized spacial score (nSPS) is 17.3. The van der Waals surface area contributed by atoms with Crippen molar-refractivity contribution in [1.82, 2.24) is 5.32 Å². The number of carbonyl (C=O) groups is 2. The summed E-state index contributed by atoms with van der Waals surface area (Å²) >= 11 is 4.64. The van der Waals surface area contributed by atoms with E-state index in [0.29, 0.717) is 15.8 Å². The highest BCUT2D eigenvalue weighted by atomic mass is 79.9. The second-order valence-electron chi connectivity index (χ2n) is 4.89. The molecule has 120 valence electrons. The highest BCUT2D eigenvalue weighted by molar-refractivity contribution is 9.10. The first-order chi connectivity index (χ1) is 11.5. The highest BCUT2D eigenvalue weighted by Crippen LogP contribution is 2.28. The molecular formula is C17H11BrN2O3S. The monoisotopic (exact) mass is 402 g/mol. The third kappa shape index (κ3) is 3.93. The molecule has 0 aliphatic carbocycles. The van der Waals surface area contributed by atoms with Crippen LogP contribution in [0.3, 0.4) is 0 Å². The summed E-state index contributed by atoms with van der Waals surface area (Å²) in [5.41, 5.74) is 1.68. The van der Waals surface area contributed by atoms with Crippen molar-refractivity contribution in [3.05, 3.63) is 69.0 Å². The number of aromatic carboxylic acids is 1. The zero-order valence-electron chi connectivity index (χ0n) is 12.2. The molecule has 1 saturated heterocycles. The van der Waals surface area contributed by atoms with Gasteiger partial charge in [-0.2, -0.15) is 0 Å². The summed E-state index contributed by atoms with van der Waals surface area (Å²) in [6.45, 7) is 0. The van der Waals surface area contributed by atoms with Crippen LogP contribution in [0.5, 0.6) is 0 Å². The number of hydrogen-bond acceptors (Lipinski definition) is 4. The van der Waals surface area contributed by atoms with Crippen LogP contribution in [0.2, 0.25) is 0 Å². The number of rotatable bonds is 3. The maximum atomic E-state index is 12.0. The number of carboxylic acids is 1. The molecule has 1 fully saturated rings. The van der Waals surface area contributed by atoms with Crippen LogP contribution in [0.15, 0.2) is 62.9 Å². The molecule has 0 saturated carbocycles. The fourth-order valence-electron chi connectivity index (χ4n) is 2.02. The number of nitrogens with one attached hydrogen (secondary N) is 1. The molecule has 24 heavy (non-hydrogen) atoms. The molecule has 2 aromatic carbocycles. The number of benzene rings is 2. The van der Waals surface area contributed by atoms with Crippen LogP contribution in [-0.4, -0.2) is 22.2 Å². The van der Waals surface area contributed by atoms with E-state index in [1.807, 2.05) is 24.3 Å². The van der Waals surface area contributed by atoms with Gasteiger partial charge in [0.1, 0.15) is 0 Å². The van der Waals surface area contributed by atoms with E-state index in [1.165, 1.54) is 23.9 Å². The van der Waals surface area contributed by atoms with Crippen molar-refractivity contribution >= 4 is 56.5 Å². The van der Waals surface area contributed by atoms with Crippen LogP contribution >= 0.6 is 27.7 Å². The summed E-state index contributed by atoms with van der Waals surface area (Å²) in [6.07, 6.45) is 1.79. The van der Waals surface area contributed by atoms with Crippen LogP contribution in [0.25, 0.3) is 6.08 Å². The van der Waals surface area contributed by atoms with Crippen molar-refractivity contribution in [2.24, 2.45) is 4.99 Å². The van der Waals surface area contributed by atoms with Gasteiger partial charge in [-0.25, -0.2) is 9.79 Å². The van der Waals surface area contributed by atoms with E-state index in [-0.39, 0.29) is 11.5 Å². The molecule has 1 aliphatic rings. The van der Waals surface area contributed by atoms with Gasteiger partial charge < -0.3 is 10.4 Å². The predicted octanol–water partition coefficient (Wildman–Crippen LogP) is 4.04. The van der Waals surface area contributed by atoms with E-state index < -0.39 is 5.97 Å². The van der Waals surface area contributed by atoms with Crippen LogP contribution in [-0.2, 0) is 4.79 Å². The lowest BCUT2D eigenvalue weighted by atomic mass is 10.2. The average Bonchev–Trinajstić information content (AvgIpc) is 2.87. The van der Waals surface area contributed by atoms with Gasteiger partial charge in [-0.3, -0.25) is 4.79 Å². The molecule has 0 aromatic heterocycles. The quantitative estimate of drug-likeness (QED) is 0.759. The van der Waals surface area contributed by atoms with Crippen LogP contribution in [0.1, 0.15) is 15.9 Å². The smallest absolute Gasteiger partial charge is 0.335 e. The van der Waals surface area contributed by atoms with Crippen LogP contribution in [0, 0.1) is 0 Å². The minimum atomic E-state index is -0.989. The van der Waals surface area contributed by atoms with Crippen LogP contribution < -0.4 is 5.32 Å². The summed E-state index contributed by atoms with van der Waals surface area (Å²) in [7, 11) is 0. The van der Waals surface area contributed by atoms with E-state index >= 15 is 0 Å². The highest BCUT2D eigenvalue weighted by Gasteiger charge is 2.23. The van der Waals surface area contributed by atoms with Gasteiger partial charge in [-0.05, 0) is 59.8 Å². The summed E-state index contributed by atoms with van der Waals surface area (Å²) in [5, 5.41) is 12.0. The van der Waals surface area contributed by atoms with E-state index in [2.05, 4.69) is 26.2 Å². The molecule has 7 heteroatoms. The number of amidine groups is 1. The third-order valence-corrected chi connectivity index (χ3v) is 4.55. The molecule has 5 nitrogen and oxygen atoms in total. The standard InChI is InChI=1S/C17H11BrN2O3S/c18-12-3-1-2-10(8-12)9-14-15(21)20-17(24-14)19-13-6-4-11(5-7-13)16(22)23/h1-9H,(H,22,23)(H,19,20,21)/b14-9-. The molecule has 1 heterocycles. The summed E-state index contributed by atoms with van der Waals surface area (Å²) in [5.74, 6) is -1.20. The maximum absolute atomic E-state index is 12.0. The summed E-state index contributed by atoms with van der Waals surface area (Å²) in [4.78, 5) is 27.7. The van der Waals surface area contributed by atoms with Crippen molar-refractivity contribution in [3.63, 3.8) is 0 Å². The largest absolute Gasteiger partial charge is 0.478 e. The van der Waals surface area contributed by atoms with Gasteiger partial charge in [0.15, 0.2) is 5.17 Å². The lowest BCUT2D eigenvalue weighted by Crippen LogP contribution is -2.19. The lowest BCUT2D eigenvalue weighted by Gasteiger charge is -1.97. The number of halogens is 1. The number of nitrogens with zero attached hydrogens (tertiary/aromatic N) is 1. The van der Waals surface area contributed by atoms with E-state index in [0.717, 1.165) is 10.0 Å². The number of aliphatic imine (C=N–C) groups is 1. The fraction of sp³-hybridized carbons (Fsp3) is 0.